The zero-order valence-electron chi connectivity index (χ0n) is 13.5. The SMILES string of the molecule is CCCC1CN(C2CCCCC2C)C(C(C)C)CN1. The highest BCUT2D eigenvalue weighted by Gasteiger charge is 2.36. The molecule has 1 saturated heterocycles. The van der Waals surface area contributed by atoms with E-state index in [1.54, 1.807) is 0 Å². The van der Waals surface area contributed by atoms with Gasteiger partial charge in [0.05, 0.1) is 0 Å². The summed E-state index contributed by atoms with van der Waals surface area (Å²) in [5, 5.41) is 3.79. The van der Waals surface area contributed by atoms with Gasteiger partial charge in [0, 0.05) is 31.2 Å². The molecule has 4 atom stereocenters. The van der Waals surface area contributed by atoms with E-state index < -0.39 is 0 Å². The maximum Gasteiger partial charge on any atom is 0.0247 e. The van der Waals surface area contributed by atoms with Crippen LogP contribution in [0.5, 0.6) is 0 Å². The van der Waals surface area contributed by atoms with E-state index in [0.29, 0.717) is 0 Å². The molecule has 1 saturated carbocycles. The maximum absolute atomic E-state index is 3.79. The first-order chi connectivity index (χ1) is 9.13. The van der Waals surface area contributed by atoms with Crippen LogP contribution in [0.3, 0.4) is 0 Å². The van der Waals surface area contributed by atoms with Gasteiger partial charge < -0.3 is 5.32 Å². The van der Waals surface area contributed by atoms with Crippen LogP contribution in [0.25, 0.3) is 0 Å². The lowest BCUT2D eigenvalue weighted by Crippen LogP contribution is -2.62. The number of hydrogen-bond acceptors (Lipinski definition) is 2. The van der Waals surface area contributed by atoms with E-state index in [1.807, 2.05) is 0 Å². The Hall–Kier alpha value is -0.0800. The molecule has 19 heavy (non-hydrogen) atoms. The number of piperazine rings is 1. The molecule has 1 aliphatic carbocycles. The van der Waals surface area contributed by atoms with Crippen LogP contribution < -0.4 is 5.32 Å². The third-order valence-electron chi connectivity index (χ3n) is 5.37. The molecule has 0 amide bonds. The van der Waals surface area contributed by atoms with Gasteiger partial charge in [-0.05, 0) is 31.1 Å². The van der Waals surface area contributed by atoms with E-state index >= 15 is 0 Å². The summed E-state index contributed by atoms with van der Waals surface area (Å²) in [7, 11) is 0. The lowest BCUT2D eigenvalue weighted by molar-refractivity contribution is 0.0150. The molecular formula is C17H34N2. The monoisotopic (exact) mass is 266 g/mol. The van der Waals surface area contributed by atoms with Gasteiger partial charge in [0.15, 0.2) is 0 Å². The fourth-order valence-corrected chi connectivity index (χ4v) is 4.19. The van der Waals surface area contributed by atoms with Gasteiger partial charge in [-0.1, -0.05) is 47.0 Å². The molecule has 0 radical (unpaired) electrons. The van der Waals surface area contributed by atoms with Gasteiger partial charge in [0.1, 0.15) is 0 Å². The van der Waals surface area contributed by atoms with Crippen LogP contribution >= 0.6 is 0 Å². The highest BCUT2D eigenvalue weighted by atomic mass is 15.3. The predicted octanol–water partition coefficient (Wildman–Crippen LogP) is 3.66. The largest absolute Gasteiger partial charge is 0.311 e. The lowest BCUT2D eigenvalue weighted by atomic mass is 9.82. The quantitative estimate of drug-likeness (QED) is 0.835. The summed E-state index contributed by atoms with van der Waals surface area (Å²) in [6, 6.07) is 2.33. The fourth-order valence-electron chi connectivity index (χ4n) is 4.19. The first-order valence-electron chi connectivity index (χ1n) is 8.62. The van der Waals surface area contributed by atoms with Crippen molar-refractivity contribution in [2.24, 2.45) is 11.8 Å². The van der Waals surface area contributed by atoms with Crippen molar-refractivity contribution in [1.29, 1.82) is 0 Å². The average Bonchev–Trinajstić information content (AvgIpc) is 2.39. The molecule has 2 rings (SSSR count). The minimum absolute atomic E-state index is 0.731. The first kappa shape index (κ1) is 15.3. The number of nitrogens with zero attached hydrogens (tertiary/aromatic N) is 1. The predicted molar refractivity (Wildman–Crippen MR) is 83.5 cm³/mol. The van der Waals surface area contributed by atoms with Gasteiger partial charge >= 0.3 is 0 Å². The van der Waals surface area contributed by atoms with E-state index in [2.05, 4.69) is 37.9 Å². The normalized spacial score (nSPS) is 37.7. The highest BCUT2D eigenvalue weighted by molar-refractivity contribution is 4.93. The summed E-state index contributed by atoms with van der Waals surface area (Å²) in [6.45, 7) is 12.1. The summed E-state index contributed by atoms with van der Waals surface area (Å²) in [4.78, 5) is 2.89. The zero-order valence-corrected chi connectivity index (χ0v) is 13.5. The van der Waals surface area contributed by atoms with Crippen LogP contribution in [-0.4, -0.2) is 36.1 Å². The third-order valence-corrected chi connectivity index (χ3v) is 5.37. The van der Waals surface area contributed by atoms with Crippen molar-refractivity contribution in [3.05, 3.63) is 0 Å². The second-order valence-electron chi connectivity index (χ2n) is 7.23. The molecule has 0 spiro atoms. The Labute approximate surface area is 120 Å². The molecule has 112 valence electrons. The van der Waals surface area contributed by atoms with E-state index in [0.717, 1.165) is 30.0 Å². The second kappa shape index (κ2) is 7.08. The molecular weight excluding hydrogens is 232 g/mol. The van der Waals surface area contributed by atoms with Crippen LogP contribution in [0.15, 0.2) is 0 Å². The number of hydrogen-bond donors (Lipinski definition) is 1. The molecule has 1 aliphatic heterocycles. The van der Waals surface area contributed by atoms with Crippen molar-refractivity contribution in [2.45, 2.75) is 84.3 Å². The van der Waals surface area contributed by atoms with Gasteiger partial charge in [-0.25, -0.2) is 0 Å². The lowest BCUT2D eigenvalue weighted by Gasteiger charge is -2.49. The standard InChI is InChI=1S/C17H34N2/c1-5-8-15-12-19(17(11-18-15)13(2)3)16-10-7-6-9-14(16)4/h13-18H,5-12H2,1-4H3. The smallest absolute Gasteiger partial charge is 0.0247 e. The molecule has 2 fully saturated rings. The van der Waals surface area contributed by atoms with Gasteiger partial charge in [0.2, 0.25) is 0 Å². The van der Waals surface area contributed by atoms with E-state index in [1.165, 1.54) is 51.6 Å². The van der Waals surface area contributed by atoms with E-state index in [4.69, 9.17) is 0 Å². The van der Waals surface area contributed by atoms with E-state index in [-0.39, 0.29) is 0 Å². The van der Waals surface area contributed by atoms with Crippen LogP contribution in [0.4, 0.5) is 0 Å². The van der Waals surface area contributed by atoms with Crippen molar-refractivity contribution in [1.82, 2.24) is 10.2 Å². The summed E-state index contributed by atoms with van der Waals surface area (Å²) in [5.74, 6) is 1.67. The number of nitrogens with one attached hydrogen (secondary N) is 1. The molecule has 2 aliphatic rings. The summed E-state index contributed by atoms with van der Waals surface area (Å²) in [5.41, 5.74) is 0. The van der Waals surface area contributed by atoms with Crippen molar-refractivity contribution in [3.63, 3.8) is 0 Å². The van der Waals surface area contributed by atoms with Gasteiger partial charge in [-0.15, -0.1) is 0 Å². The topological polar surface area (TPSA) is 15.3 Å². The molecule has 0 aromatic carbocycles. The number of rotatable bonds is 4. The first-order valence-corrected chi connectivity index (χ1v) is 8.62. The Kier molecular flexibility index (Phi) is 5.70. The second-order valence-corrected chi connectivity index (χ2v) is 7.23. The molecule has 4 unspecified atom stereocenters. The fraction of sp³-hybridized carbons (Fsp3) is 1.00. The molecule has 0 aromatic rings. The molecule has 0 aromatic heterocycles. The molecule has 2 nitrogen and oxygen atoms in total. The summed E-state index contributed by atoms with van der Waals surface area (Å²) in [6.07, 6.45) is 8.41. The van der Waals surface area contributed by atoms with Crippen LogP contribution in [0.2, 0.25) is 0 Å². The Morgan fingerprint density at radius 3 is 2.58 bits per heavy atom. The minimum Gasteiger partial charge on any atom is -0.311 e. The molecule has 1 heterocycles. The average molecular weight is 266 g/mol. The Morgan fingerprint density at radius 2 is 1.95 bits per heavy atom. The van der Waals surface area contributed by atoms with Crippen LogP contribution in [0.1, 0.15) is 66.2 Å². The summed E-state index contributed by atoms with van der Waals surface area (Å²) < 4.78 is 0. The van der Waals surface area contributed by atoms with Crippen molar-refractivity contribution in [3.8, 4) is 0 Å². The Balaban J connectivity index is 2.05. The van der Waals surface area contributed by atoms with Crippen LogP contribution in [0, 0.1) is 11.8 Å². The van der Waals surface area contributed by atoms with Gasteiger partial charge in [-0.3, -0.25) is 4.90 Å². The third kappa shape index (κ3) is 3.72. The molecule has 0 bridgehead atoms. The zero-order chi connectivity index (χ0) is 13.8. The highest BCUT2D eigenvalue weighted by Crippen LogP contribution is 2.32. The van der Waals surface area contributed by atoms with E-state index in [9.17, 15) is 0 Å². The van der Waals surface area contributed by atoms with Crippen molar-refractivity contribution < 1.29 is 0 Å². The minimum atomic E-state index is 0.731. The van der Waals surface area contributed by atoms with Crippen molar-refractivity contribution >= 4 is 0 Å². The Bertz CT molecular complexity index is 264. The molecule has 2 heteroatoms. The van der Waals surface area contributed by atoms with Gasteiger partial charge in [0.25, 0.3) is 0 Å². The Morgan fingerprint density at radius 1 is 1.21 bits per heavy atom. The molecule has 1 N–H and O–H groups in total. The van der Waals surface area contributed by atoms with Gasteiger partial charge in [-0.2, -0.15) is 0 Å². The summed E-state index contributed by atoms with van der Waals surface area (Å²) >= 11 is 0. The maximum atomic E-state index is 3.79. The van der Waals surface area contributed by atoms with Crippen molar-refractivity contribution in [2.75, 3.05) is 13.1 Å². The van der Waals surface area contributed by atoms with Crippen LogP contribution in [-0.2, 0) is 0 Å².